The number of piperidine rings is 1. The van der Waals surface area contributed by atoms with E-state index in [2.05, 4.69) is 17.0 Å². The van der Waals surface area contributed by atoms with Gasteiger partial charge in [0, 0.05) is 12.6 Å². The highest BCUT2D eigenvalue weighted by Gasteiger charge is 2.25. The number of hydrogen-bond acceptors (Lipinski definition) is 4. The summed E-state index contributed by atoms with van der Waals surface area (Å²) in [5.74, 6) is 0.396. The second-order valence-corrected chi connectivity index (χ2v) is 6.08. The van der Waals surface area contributed by atoms with Crippen molar-refractivity contribution in [2.24, 2.45) is 5.92 Å². The molecular weight excluding hydrogens is 228 g/mol. The Kier molecular flexibility index (Phi) is 5.68. The first-order valence-electron chi connectivity index (χ1n) is 5.83. The highest BCUT2D eigenvalue weighted by Crippen LogP contribution is 2.11. The van der Waals surface area contributed by atoms with Crippen molar-refractivity contribution < 1.29 is 13.2 Å². The molecule has 0 radical (unpaired) electrons. The quantitative estimate of drug-likeness (QED) is 0.648. The van der Waals surface area contributed by atoms with Gasteiger partial charge in [-0.15, -0.1) is 0 Å². The first-order valence-corrected chi connectivity index (χ1v) is 7.49. The van der Waals surface area contributed by atoms with Crippen molar-refractivity contribution in [3.63, 3.8) is 0 Å². The molecule has 1 fully saturated rings. The van der Waals surface area contributed by atoms with Crippen LogP contribution >= 0.6 is 0 Å². The average Bonchev–Trinajstić information content (AvgIpc) is 2.21. The molecule has 0 aliphatic carbocycles. The van der Waals surface area contributed by atoms with Crippen molar-refractivity contribution >= 4 is 10.0 Å². The van der Waals surface area contributed by atoms with Crippen molar-refractivity contribution in [2.75, 3.05) is 32.1 Å². The third kappa shape index (κ3) is 4.78. The Morgan fingerprint density at radius 3 is 2.88 bits per heavy atom. The monoisotopic (exact) mass is 250 g/mol. The Balaban J connectivity index is 2.38. The van der Waals surface area contributed by atoms with Gasteiger partial charge in [0.2, 0.25) is 10.0 Å². The van der Waals surface area contributed by atoms with Crippen LogP contribution in [0.2, 0.25) is 0 Å². The Labute approximate surface area is 98.0 Å². The second-order valence-electron chi connectivity index (χ2n) is 4.21. The molecule has 2 atom stereocenters. The van der Waals surface area contributed by atoms with Crippen LogP contribution in [0.15, 0.2) is 0 Å². The molecule has 0 amide bonds. The van der Waals surface area contributed by atoms with E-state index in [1.807, 2.05) is 6.92 Å². The van der Waals surface area contributed by atoms with E-state index in [9.17, 15) is 8.42 Å². The van der Waals surface area contributed by atoms with Gasteiger partial charge in [0.1, 0.15) is 0 Å². The summed E-state index contributed by atoms with van der Waals surface area (Å²) < 4.78 is 31.2. The molecule has 1 aliphatic heterocycles. The molecule has 6 heteroatoms. The summed E-state index contributed by atoms with van der Waals surface area (Å²) in [6.07, 6.45) is 0.856. The lowest BCUT2D eigenvalue weighted by Gasteiger charge is -2.29. The minimum absolute atomic E-state index is 0.0531. The molecule has 1 saturated heterocycles. The highest BCUT2D eigenvalue weighted by molar-refractivity contribution is 7.89. The van der Waals surface area contributed by atoms with Crippen LogP contribution in [-0.2, 0) is 14.8 Å². The molecule has 0 spiro atoms. The maximum absolute atomic E-state index is 11.7. The second kappa shape index (κ2) is 6.54. The van der Waals surface area contributed by atoms with Crippen molar-refractivity contribution in [2.45, 2.75) is 26.3 Å². The fourth-order valence-electron chi connectivity index (χ4n) is 1.79. The van der Waals surface area contributed by atoms with E-state index in [0.29, 0.717) is 12.5 Å². The van der Waals surface area contributed by atoms with E-state index < -0.39 is 10.0 Å². The van der Waals surface area contributed by atoms with Crippen LogP contribution in [0.3, 0.4) is 0 Å². The normalized spacial score (nSPS) is 26.9. The average molecular weight is 250 g/mol. The van der Waals surface area contributed by atoms with Gasteiger partial charge in [-0.05, 0) is 32.4 Å². The van der Waals surface area contributed by atoms with Gasteiger partial charge in [-0.3, -0.25) is 0 Å². The maximum Gasteiger partial charge on any atom is 0.214 e. The molecule has 16 heavy (non-hydrogen) atoms. The van der Waals surface area contributed by atoms with Crippen molar-refractivity contribution in [3.05, 3.63) is 0 Å². The Morgan fingerprint density at radius 1 is 1.50 bits per heavy atom. The van der Waals surface area contributed by atoms with Crippen LogP contribution in [0.25, 0.3) is 0 Å². The molecule has 96 valence electrons. The molecule has 0 aromatic heterocycles. The summed E-state index contributed by atoms with van der Waals surface area (Å²) in [6.45, 7) is 6.49. The van der Waals surface area contributed by atoms with Crippen LogP contribution in [0.1, 0.15) is 20.3 Å². The Bertz CT molecular complexity index is 292. The molecule has 0 aromatic carbocycles. The van der Waals surface area contributed by atoms with E-state index in [0.717, 1.165) is 19.5 Å². The van der Waals surface area contributed by atoms with E-state index in [4.69, 9.17) is 4.74 Å². The molecule has 1 heterocycles. The van der Waals surface area contributed by atoms with Gasteiger partial charge < -0.3 is 10.1 Å². The molecule has 0 aromatic rings. The predicted molar refractivity (Wildman–Crippen MR) is 63.9 cm³/mol. The largest absolute Gasteiger partial charge is 0.381 e. The molecular formula is C10H22N2O3S. The summed E-state index contributed by atoms with van der Waals surface area (Å²) in [6, 6.07) is 0.0628. The SMILES string of the molecule is CCOCCS(=O)(=O)NC1CCNCC1C. The minimum Gasteiger partial charge on any atom is -0.381 e. The van der Waals surface area contributed by atoms with Crippen LogP contribution in [0.5, 0.6) is 0 Å². The molecule has 0 bridgehead atoms. The summed E-state index contributed by atoms with van der Waals surface area (Å²) >= 11 is 0. The van der Waals surface area contributed by atoms with Crippen molar-refractivity contribution in [1.82, 2.24) is 10.0 Å². The standard InChI is InChI=1S/C10H22N2O3S/c1-3-15-6-7-16(13,14)12-10-4-5-11-8-9(10)2/h9-12H,3-8H2,1-2H3. The Morgan fingerprint density at radius 2 is 2.25 bits per heavy atom. The van der Waals surface area contributed by atoms with Gasteiger partial charge in [-0.1, -0.05) is 6.92 Å². The number of hydrogen-bond donors (Lipinski definition) is 2. The number of rotatable bonds is 6. The zero-order valence-corrected chi connectivity index (χ0v) is 10.8. The molecule has 1 aliphatic rings. The third-order valence-corrected chi connectivity index (χ3v) is 4.18. The fraction of sp³-hybridized carbons (Fsp3) is 1.00. The topological polar surface area (TPSA) is 67.4 Å². The van der Waals surface area contributed by atoms with Crippen LogP contribution in [0.4, 0.5) is 0 Å². The zero-order chi connectivity index (χ0) is 12.0. The van der Waals surface area contributed by atoms with Crippen molar-refractivity contribution in [3.8, 4) is 0 Å². The van der Waals surface area contributed by atoms with E-state index in [-0.39, 0.29) is 18.4 Å². The zero-order valence-electron chi connectivity index (χ0n) is 10.0. The summed E-state index contributed by atoms with van der Waals surface area (Å²) in [4.78, 5) is 0. The van der Waals surface area contributed by atoms with E-state index in [1.165, 1.54) is 0 Å². The Hall–Kier alpha value is -0.170. The maximum atomic E-state index is 11.7. The lowest BCUT2D eigenvalue weighted by molar-refractivity contribution is 0.163. The van der Waals surface area contributed by atoms with Gasteiger partial charge in [0.15, 0.2) is 0 Å². The molecule has 2 N–H and O–H groups in total. The third-order valence-electron chi connectivity index (χ3n) is 2.82. The lowest BCUT2D eigenvalue weighted by Crippen LogP contribution is -2.49. The van der Waals surface area contributed by atoms with Gasteiger partial charge in [0.05, 0.1) is 12.4 Å². The number of sulfonamides is 1. The minimum atomic E-state index is -3.19. The number of nitrogens with one attached hydrogen (secondary N) is 2. The van der Waals surface area contributed by atoms with Gasteiger partial charge >= 0.3 is 0 Å². The first-order chi connectivity index (χ1) is 7.55. The van der Waals surface area contributed by atoms with Crippen LogP contribution in [0, 0.1) is 5.92 Å². The van der Waals surface area contributed by atoms with Gasteiger partial charge in [-0.2, -0.15) is 0 Å². The fourth-order valence-corrected chi connectivity index (χ4v) is 3.06. The molecule has 2 unspecified atom stereocenters. The smallest absolute Gasteiger partial charge is 0.214 e. The summed E-state index contributed by atoms with van der Waals surface area (Å²) in [5.41, 5.74) is 0. The number of ether oxygens (including phenoxy) is 1. The summed E-state index contributed by atoms with van der Waals surface area (Å²) in [5, 5.41) is 3.24. The van der Waals surface area contributed by atoms with Crippen molar-refractivity contribution in [1.29, 1.82) is 0 Å². The molecule has 0 saturated carbocycles. The van der Waals surface area contributed by atoms with Gasteiger partial charge in [-0.25, -0.2) is 13.1 Å². The van der Waals surface area contributed by atoms with Gasteiger partial charge in [0.25, 0.3) is 0 Å². The highest BCUT2D eigenvalue weighted by atomic mass is 32.2. The molecule has 1 rings (SSSR count). The summed E-state index contributed by atoms with van der Waals surface area (Å²) in [7, 11) is -3.19. The predicted octanol–water partition coefficient (Wildman–Crippen LogP) is -0.0597. The first kappa shape index (κ1) is 13.9. The van der Waals surface area contributed by atoms with Crippen LogP contribution in [-0.4, -0.2) is 46.5 Å². The van der Waals surface area contributed by atoms with E-state index >= 15 is 0 Å². The lowest BCUT2D eigenvalue weighted by atomic mass is 9.97. The molecule has 5 nitrogen and oxygen atoms in total. The van der Waals surface area contributed by atoms with Crippen LogP contribution < -0.4 is 10.0 Å². The van der Waals surface area contributed by atoms with E-state index in [1.54, 1.807) is 0 Å².